The van der Waals surface area contributed by atoms with Gasteiger partial charge in [-0.2, -0.15) is 5.26 Å². The third-order valence-corrected chi connectivity index (χ3v) is 3.12. The second kappa shape index (κ2) is 6.82. The lowest BCUT2D eigenvalue weighted by atomic mass is 10.0. The molecule has 1 aromatic heterocycles. The van der Waals surface area contributed by atoms with Gasteiger partial charge < -0.3 is 10.4 Å². The molecule has 1 aromatic carbocycles. The Labute approximate surface area is 122 Å². The molecule has 2 unspecified atom stereocenters. The minimum Gasteiger partial charge on any atom is -0.388 e. The van der Waals surface area contributed by atoms with E-state index in [-0.39, 0.29) is 11.9 Å². The number of nitrogens with zero attached hydrogens (tertiary/aromatic N) is 2. The van der Waals surface area contributed by atoms with Crippen molar-refractivity contribution in [1.29, 1.82) is 5.26 Å². The van der Waals surface area contributed by atoms with Crippen LogP contribution in [0.1, 0.15) is 30.7 Å². The Balaban J connectivity index is 1.92. The Morgan fingerprint density at radius 3 is 2.57 bits per heavy atom. The van der Waals surface area contributed by atoms with E-state index >= 15 is 0 Å². The number of benzene rings is 1. The number of aliphatic hydroxyl groups excluding tert-OH is 1. The van der Waals surface area contributed by atoms with Crippen LogP contribution in [0.4, 0.5) is 10.1 Å². The highest BCUT2D eigenvalue weighted by Crippen LogP contribution is 2.20. The maximum absolute atomic E-state index is 12.8. The van der Waals surface area contributed by atoms with Crippen LogP contribution in [-0.4, -0.2) is 16.1 Å². The third kappa shape index (κ3) is 4.26. The summed E-state index contributed by atoms with van der Waals surface area (Å²) in [5.41, 5.74) is 1.83. The zero-order chi connectivity index (χ0) is 15.2. The lowest BCUT2D eigenvalue weighted by Gasteiger charge is -2.19. The van der Waals surface area contributed by atoms with E-state index in [0.717, 1.165) is 5.69 Å². The Bertz CT molecular complexity index is 619. The number of pyridine rings is 1. The van der Waals surface area contributed by atoms with Crippen molar-refractivity contribution in [3.8, 4) is 6.07 Å². The Morgan fingerprint density at radius 2 is 2.00 bits per heavy atom. The zero-order valence-electron chi connectivity index (χ0n) is 11.6. The predicted octanol–water partition coefficient (Wildman–Crippen LogP) is 3.02. The summed E-state index contributed by atoms with van der Waals surface area (Å²) in [6, 6.07) is 11.2. The summed E-state index contributed by atoms with van der Waals surface area (Å²) in [7, 11) is 0. The van der Waals surface area contributed by atoms with E-state index in [9.17, 15) is 9.50 Å². The van der Waals surface area contributed by atoms with Crippen LogP contribution in [0.25, 0.3) is 0 Å². The molecule has 0 radical (unpaired) electrons. The summed E-state index contributed by atoms with van der Waals surface area (Å²) in [4.78, 5) is 3.97. The van der Waals surface area contributed by atoms with Crippen molar-refractivity contribution in [2.24, 2.45) is 0 Å². The molecule has 1 heterocycles. The molecule has 2 atom stereocenters. The first kappa shape index (κ1) is 14.9. The van der Waals surface area contributed by atoms with E-state index in [1.54, 1.807) is 30.5 Å². The van der Waals surface area contributed by atoms with Crippen molar-refractivity contribution in [1.82, 2.24) is 4.98 Å². The van der Waals surface area contributed by atoms with Gasteiger partial charge in [-0.05, 0) is 43.2 Å². The summed E-state index contributed by atoms with van der Waals surface area (Å²) in [5, 5.41) is 22.0. The Hall–Kier alpha value is -2.45. The van der Waals surface area contributed by atoms with Gasteiger partial charge in [0.2, 0.25) is 0 Å². The molecule has 5 heteroatoms. The first-order chi connectivity index (χ1) is 10.1. The fourth-order valence-electron chi connectivity index (χ4n) is 2.04. The lowest BCUT2D eigenvalue weighted by molar-refractivity contribution is 0.162. The molecule has 0 aliphatic carbocycles. The molecule has 0 fully saturated rings. The first-order valence-electron chi connectivity index (χ1n) is 6.64. The van der Waals surface area contributed by atoms with Crippen LogP contribution in [-0.2, 0) is 0 Å². The van der Waals surface area contributed by atoms with Crippen LogP contribution < -0.4 is 5.32 Å². The number of anilines is 1. The fraction of sp³-hybridized carbons (Fsp3) is 0.250. The summed E-state index contributed by atoms with van der Waals surface area (Å²) >= 11 is 0. The van der Waals surface area contributed by atoms with Gasteiger partial charge >= 0.3 is 0 Å². The second-order valence-corrected chi connectivity index (χ2v) is 4.89. The van der Waals surface area contributed by atoms with E-state index in [1.807, 2.05) is 13.0 Å². The molecular formula is C16H16FN3O. The number of aliphatic hydroxyl groups is 1. The van der Waals surface area contributed by atoms with Crippen LogP contribution in [0.15, 0.2) is 42.6 Å². The van der Waals surface area contributed by atoms with Gasteiger partial charge in [0.15, 0.2) is 0 Å². The van der Waals surface area contributed by atoms with Crippen molar-refractivity contribution in [2.75, 3.05) is 5.32 Å². The van der Waals surface area contributed by atoms with Crippen LogP contribution in [0.3, 0.4) is 0 Å². The van der Waals surface area contributed by atoms with Gasteiger partial charge in [0.05, 0.1) is 18.0 Å². The van der Waals surface area contributed by atoms with Crippen molar-refractivity contribution in [3.05, 3.63) is 59.7 Å². The van der Waals surface area contributed by atoms with Crippen LogP contribution in [0.2, 0.25) is 0 Å². The summed E-state index contributed by atoms with van der Waals surface area (Å²) in [6.45, 7) is 1.94. The molecule has 0 spiro atoms. The van der Waals surface area contributed by atoms with E-state index in [0.29, 0.717) is 17.7 Å². The maximum atomic E-state index is 12.8. The monoisotopic (exact) mass is 285 g/mol. The average Bonchev–Trinajstić information content (AvgIpc) is 2.48. The molecule has 0 aliphatic rings. The summed E-state index contributed by atoms with van der Waals surface area (Å²) < 4.78 is 12.8. The molecule has 0 aliphatic heterocycles. The van der Waals surface area contributed by atoms with E-state index in [1.165, 1.54) is 12.1 Å². The number of halogens is 1. The molecule has 0 bridgehead atoms. The van der Waals surface area contributed by atoms with Crippen molar-refractivity contribution >= 4 is 5.69 Å². The van der Waals surface area contributed by atoms with Gasteiger partial charge in [-0.25, -0.2) is 9.37 Å². The van der Waals surface area contributed by atoms with Gasteiger partial charge in [0.25, 0.3) is 0 Å². The minimum atomic E-state index is -0.667. The standard InChI is InChI=1S/C16H16FN3O/c1-11(20-15-7-6-14(9-18)19-10-15)8-16(21)12-2-4-13(17)5-3-12/h2-7,10-11,16,20-21H,8H2,1H3. The van der Waals surface area contributed by atoms with Crippen molar-refractivity contribution in [2.45, 2.75) is 25.5 Å². The number of aromatic nitrogens is 1. The zero-order valence-corrected chi connectivity index (χ0v) is 11.6. The summed E-state index contributed by atoms with van der Waals surface area (Å²) in [5.74, 6) is -0.319. The molecular weight excluding hydrogens is 269 g/mol. The number of rotatable bonds is 5. The molecule has 2 N–H and O–H groups in total. The number of hydrogen-bond donors (Lipinski definition) is 2. The van der Waals surface area contributed by atoms with Crippen LogP contribution >= 0.6 is 0 Å². The molecule has 4 nitrogen and oxygen atoms in total. The van der Waals surface area contributed by atoms with Crippen LogP contribution in [0, 0.1) is 17.1 Å². The van der Waals surface area contributed by atoms with Gasteiger partial charge in [-0.15, -0.1) is 0 Å². The van der Waals surface area contributed by atoms with E-state index < -0.39 is 6.10 Å². The highest BCUT2D eigenvalue weighted by Gasteiger charge is 2.12. The fourth-order valence-corrected chi connectivity index (χ4v) is 2.04. The number of nitrogens with one attached hydrogen (secondary N) is 1. The third-order valence-electron chi connectivity index (χ3n) is 3.12. The van der Waals surface area contributed by atoms with Crippen molar-refractivity contribution in [3.63, 3.8) is 0 Å². The van der Waals surface area contributed by atoms with Gasteiger partial charge in [0.1, 0.15) is 17.6 Å². The highest BCUT2D eigenvalue weighted by molar-refractivity contribution is 5.43. The lowest BCUT2D eigenvalue weighted by Crippen LogP contribution is -2.18. The highest BCUT2D eigenvalue weighted by atomic mass is 19.1. The molecule has 108 valence electrons. The van der Waals surface area contributed by atoms with E-state index in [4.69, 9.17) is 5.26 Å². The SMILES string of the molecule is CC(CC(O)c1ccc(F)cc1)Nc1ccc(C#N)nc1. The molecule has 0 saturated carbocycles. The van der Waals surface area contributed by atoms with Gasteiger partial charge in [0, 0.05) is 6.04 Å². The number of hydrogen-bond acceptors (Lipinski definition) is 4. The van der Waals surface area contributed by atoms with Crippen LogP contribution in [0.5, 0.6) is 0 Å². The van der Waals surface area contributed by atoms with Gasteiger partial charge in [-0.3, -0.25) is 0 Å². The second-order valence-electron chi connectivity index (χ2n) is 4.89. The quantitative estimate of drug-likeness (QED) is 0.886. The van der Waals surface area contributed by atoms with Gasteiger partial charge in [-0.1, -0.05) is 12.1 Å². The summed E-state index contributed by atoms with van der Waals surface area (Å²) in [6.07, 6.45) is 1.39. The maximum Gasteiger partial charge on any atom is 0.140 e. The first-order valence-corrected chi connectivity index (χ1v) is 6.64. The smallest absolute Gasteiger partial charge is 0.140 e. The molecule has 21 heavy (non-hydrogen) atoms. The van der Waals surface area contributed by atoms with Crippen molar-refractivity contribution < 1.29 is 9.50 Å². The largest absolute Gasteiger partial charge is 0.388 e. The molecule has 0 saturated heterocycles. The van der Waals surface area contributed by atoms with E-state index in [2.05, 4.69) is 10.3 Å². The number of nitriles is 1. The normalized spacial score (nSPS) is 13.2. The molecule has 2 rings (SSSR count). The molecule has 2 aromatic rings. The predicted molar refractivity (Wildman–Crippen MR) is 78.0 cm³/mol. The minimum absolute atomic E-state index is 0.000196. The Morgan fingerprint density at radius 1 is 1.29 bits per heavy atom. The Kier molecular flexibility index (Phi) is 4.85. The topological polar surface area (TPSA) is 68.9 Å². The average molecular weight is 285 g/mol. The molecule has 0 amide bonds.